The van der Waals surface area contributed by atoms with Crippen LogP contribution < -0.4 is 0 Å². The lowest BCUT2D eigenvalue weighted by Gasteiger charge is -2.39. The van der Waals surface area contributed by atoms with Gasteiger partial charge in [-0.25, -0.2) is 4.98 Å². The fraction of sp³-hybridized carbons (Fsp3) is 0.588. The van der Waals surface area contributed by atoms with Crippen molar-refractivity contribution in [2.24, 2.45) is 0 Å². The summed E-state index contributed by atoms with van der Waals surface area (Å²) in [6, 6.07) is 3.13. The lowest BCUT2D eigenvalue weighted by Crippen LogP contribution is -2.36. The molecule has 2 aliphatic rings. The second-order valence-electron chi connectivity index (χ2n) is 6.85. The maximum atomic E-state index is 13.9. The summed E-state index contributed by atoms with van der Waals surface area (Å²) in [7, 11) is 0. The normalized spacial score (nSPS) is 21.3. The van der Waals surface area contributed by atoms with Crippen molar-refractivity contribution < 1.29 is 18.3 Å². The fourth-order valence-corrected chi connectivity index (χ4v) is 3.85. The quantitative estimate of drug-likeness (QED) is 0.885. The Labute approximate surface area is 132 Å². The van der Waals surface area contributed by atoms with E-state index in [-0.39, 0.29) is 17.1 Å². The summed E-state index contributed by atoms with van der Waals surface area (Å²) < 4.78 is 43.4. The molecule has 2 fully saturated rings. The van der Waals surface area contributed by atoms with Gasteiger partial charge in [0, 0.05) is 6.04 Å². The van der Waals surface area contributed by atoms with E-state index in [4.69, 9.17) is 0 Å². The Hall–Kier alpha value is -1.56. The molecule has 1 aromatic heterocycles. The lowest BCUT2D eigenvalue weighted by molar-refractivity contribution is -0.141. The molecule has 2 aromatic rings. The molecule has 3 nitrogen and oxygen atoms in total. The minimum Gasteiger partial charge on any atom is -0.385 e. The molecule has 0 spiro atoms. The SMILES string of the molecule is Cc1nc2ccc(C3(O)CCC3)c(C(F)(F)F)c2n1C1CCC1. The average Bonchev–Trinajstić information content (AvgIpc) is 2.69. The van der Waals surface area contributed by atoms with Crippen molar-refractivity contribution in [1.82, 2.24) is 9.55 Å². The van der Waals surface area contributed by atoms with Crippen molar-refractivity contribution in [2.45, 2.75) is 63.3 Å². The van der Waals surface area contributed by atoms with Gasteiger partial charge < -0.3 is 9.67 Å². The number of rotatable bonds is 2. The van der Waals surface area contributed by atoms with Crippen molar-refractivity contribution in [3.8, 4) is 0 Å². The highest BCUT2D eigenvalue weighted by Crippen LogP contribution is 2.49. The number of nitrogens with zero attached hydrogens (tertiary/aromatic N) is 2. The van der Waals surface area contributed by atoms with Crippen LogP contribution in [0.15, 0.2) is 12.1 Å². The van der Waals surface area contributed by atoms with Gasteiger partial charge in [0.05, 0.1) is 22.2 Å². The Balaban J connectivity index is 2.04. The van der Waals surface area contributed by atoms with Gasteiger partial charge in [0.25, 0.3) is 0 Å². The van der Waals surface area contributed by atoms with Gasteiger partial charge in [0.15, 0.2) is 0 Å². The van der Waals surface area contributed by atoms with E-state index in [1.54, 1.807) is 17.6 Å². The number of imidazole rings is 1. The third-order valence-electron chi connectivity index (χ3n) is 5.43. The summed E-state index contributed by atoms with van der Waals surface area (Å²) in [6.07, 6.45) is -0.165. The van der Waals surface area contributed by atoms with E-state index in [0.29, 0.717) is 24.2 Å². The minimum absolute atomic E-state index is 0.0178. The molecule has 2 aliphatic carbocycles. The molecule has 124 valence electrons. The van der Waals surface area contributed by atoms with Crippen LogP contribution in [0.5, 0.6) is 0 Å². The first-order valence-corrected chi connectivity index (χ1v) is 8.13. The molecule has 0 aliphatic heterocycles. The Morgan fingerprint density at radius 2 is 1.91 bits per heavy atom. The van der Waals surface area contributed by atoms with Gasteiger partial charge in [-0.1, -0.05) is 6.07 Å². The number of alkyl halides is 3. The summed E-state index contributed by atoms with van der Waals surface area (Å²) in [5.74, 6) is 0.618. The van der Waals surface area contributed by atoms with Crippen LogP contribution >= 0.6 is 0 Å². The molecule has 4 rings (SSSR count). The molecule has 6 heteroatoms. The summed E-state index contributed by atoms with van der Waals surface area (Å²) in [5, 5.41) is 10.6. The van der Waals surface area contributed by atoms with Gasteiger partial charge in [0.1, 0.15) is 5.82 Å². The Kier molecular flexibility index (Phi) is 3.08. The van der Waals surface area contributed by atoms with Crippen molar-refractivity contribution in [3.63, 3.8) is 0 Å². The number of aromatic nitrogens is 2. The molecular formula is C17H19F3N2O. The van der Waals surface area contributed by atoms with Gasteiger partial charge in [0.2, 0.25) is 0 Å². The molecule has 1 heterocycles. The van der Waals surface area contributed by atoms with Crippen molar-refractivity contribution in [3.05, 3.63) is 29.1 Å². The van der Waals surface area contributed by atoms with Crippen molar-refractivity contribution >= 4 is 11.0 Å². The first-order chi connectivity index (χ1) is 10.8. The third kappa shape index (κ3) is 2.11. The number of aryl methyl sites for hydroxylation is 1. The van der Waals surface area contributed by atoms with E-state index in [1.807, 2.05) is 0 Å². The van der Waals surface area contributed by atoms with E-state index in [9.17, 15) is 18.3 Å². The average molecular weight is 324 g/mol. The van der Waals surface area contributed by atoms with E-state index >= 15 is 0 Å². The number of fused-ring (bicyclic) bond motifs is 1. The van der Waals surface area contributed by atoms with E-state index in [1.165, 1.54) is 6.07 Å². The van der Waals surface area contributed by atoms with Gasteiger partial charge in [-0.15, -0.1) is 0 Å². The summed E-state index contributed by atoms with van der Waals surface area (Å²) >= 11 is 0. The molecule has 0 saturated heterocycles. The maximum Gasteiger partial charge on any atom is 0.418 e. The van der Waals surface area contributed by atoms with E-state index < -0.39 is 17.3 Å². The van der Waals surface area contributed by atoms with Crippen LogP contribution in [0.3, 0.4) is 0 Å². The summed E-state index contributed by atoms with van der Waals surface area (Å²) in [6.45, 7) is 1.76. The van der Waals surface area contributed by atoms with Gasteiger partial charge in [-0.3, -0.25) is 0 Å². The third-order valence-corrected chi connectivity index (χ3v) is 5.43. The molecule has 1 N–H and O–H groups in total. The topological polar surface area (TPSA) is 38.1 Å². The Bertz CT molecular complexity index is 770. The van der Waals surface area contributed by atoms with E-state index in [2.05, 4.69) is 4.98 Å². The molecule has 0 unspecified atom stereocenters. The lowest BCUT2D eigenvalue weighted by atomic mass is 9.73. The second-order valence-corrected chi connectivity index (χ2v) is 6.85. The van der Waals surface area contributed by atoms with Crippen LogP contribution in [0.25, 0.3) is 11.0 Å². The molecule has 0 radical (unpaired) electrons. The van der Waals surface area contributed by atoms with Crippen LogP contribution in [0.1, 0.15) is 61.5 Å². The summed E-state index contributed by atoms with van der Waals surface area (Å²) in [5.41, 5.74) is -1.50. The van der Waals surface area contributed by atoms with Gasteiger partial charge in [-0.05, 0) is 57.1 Å². The minimum atomic E-state index is -4.51. The molecule has 2 saturated carbocycles. The van der Waals surface area contributed by atoms with Crippen LogP contribution in [-0.2, 0) is 11.8 Å². The van der Waals surface area contributed by atoms with Crippen LogP contribution in [-0.4, -0.2) is 14.7 Å². The number of aliphatic hydroxyl groups is 1. The number of hydrogen-bond acceptors (Lipinski definition) is 2. The highest BCUT2D eigenvalue weighted by Gasteiger charge is 2.46. The Morgan fingerprint density at radius 1 is 1.22 bits per heavy atom. The highest BCUT2D eigenvalue weighted by molar-refractivity contribution is 5.82. The zero-order valence-corrected chi connectivity index (χ0v) is 13.0. The highest BCUT2D eigenvalue weighted by atomic mass is 19.4. The van der Waals surface area contributed by atoms with Gasteiger partial charge >= 0.3 is 6.18 Å². The molecular weight excluding hydrogens is 305 g/mol. The first kappa shape index (κ1) is 15.0. The predicted molar refractivity (Wildman–Crippen MR) is 80.1 cm³/mol. The fourth-order valence-electron chi connectivity index (χ4n) is 3.85. The number of hydrogen-bond donors (Lipinski definition) is 1. The van der Waals surface area contributed by atoms with Gasteiger partial charge in [-0.2, -0.15) is 13.2 Å². The largest absolute Gasteiger partial charge is 0.418 e. The molecule has 0 atom stereocenters. The predicted octanol–water partition coefficient (Wildman–Crippen LogP) is 4.46. The van der Waals surface area contributed by atoms with Crippen molar-refractivity contribution in [2.75, 3.05) is 0 Å². The number of benzene rings is 1. The van der Waals surface area contributed by atoms with Crippen LogP contribution in [0.4, 0.5) is 13.2 Å². The smallest absolute Gasteiger partial charge is 0.385 e. The zero-order chi connectivity index (χ0) is 16.4. The molecule has 23 heavy (non-hydrogen) atoms. The first-order valence-electron chi connectivity index (χ1n) is 8.13. The zero-order valence-electron chi connectivity index (χ0n) is 13.0. The van der Waals surface area contributed by atoms with Crippen LogP contribution in [0.2, 0.25) is 0 Å². The second kappa shape index (κ2) is 4.72. The molecule has 0 amide bonds. The number of halogens is 3. The van der Waals surface area contributed by atoms with E-state index in [0.717, 1.165) is 25.7 Å². The standard InChI is InChI=1S/C17H19F3N2O/c1-10-21-13-7-6-12(16(23)8-3-9-16)14(17(18,19)20)15(13)22(10)11-4-2-5-11/h6-7,11,23H,2-5,8-9H2,1H3. The monoisotopic (exact) mass is 324 g/mol. The molecule has 0 bridgehead atoms. The Morgan fingerprint density at radius 3 is 2.39 bits per heavy atom. The maximum absolute atomic E-state index is 13.9. The molecule has 1 aromatic carbocycles. The van der Waals surface area contributed by atoms with Crippen molar-refractivity contribution in [1.29, 1.82) is 0 Å². The summed E-state index contributed by atoms with van der Waals surface area (Å²) in [4.78, 5) is 4.34. The van der Waals surface area contributed by atoms with Crippen LogP contribution in [0, 0.1) is 6.92 Å².